The number of carboxylic acids is 1. The van der Waals surface area contributed by atoms with Crippen LogP contribution in [0.4, 0.5) is 0 Å². The number of hydrogen-bond acceptors (Lipinski definition) is 3. The molecule has 4 rings (SSSR count). The van der Waals surface area contributed by atoms with Crippen LogP contribution in [0.15, 0.2) is 72.8 Å². The summed E-state index contributed by atoms with van der Waals surface area (Å²) in [4.78, 5) is 11.5. The molecule has 0 atom stereocenters. The average Bonchev–Trinajstić information content (AvgIpc) is 3.14. The summed E-state index contributed by atoms with van der Waals surface area (Å²) in [6.45, 7) is 3.99. The molecule has 1 aromatic heterocycles. The molecule has 5 nitrogen and oxygen atoms in total. The summed E-state index contributed by atoms with van der Waals surface area (Å²) in [6.07, 6.45) is 0. The lowest BCUT2D eigenvalue weighted by atomic mass is 10.1. The van der Waals surface area contributed by atoms with E-state index in [1.54, 1.807) is 12.1 Å². The minimum Gasteiger partial charge on any atom is -0.478 e. The number of nitrogens with zero attached hydrogens (tertiary/aromatic N) is 3. The summed E-state index contributed by atoms with van der Waals surface area (Å²) in [5.41, 5.74) is 4.90. The third kappa shape index (κ3) is 3.18. The second-order valence-electron chi connectivity index (χ2n) is 6.72. The summed E-state index contributed by atoms with van der Waals surface area (Å²) in [5.74, 6) is 0.374. The number of aromatic carboxylic acids is 1. The maximum absolute atomic E-state index is 11.5. The van der Waals surface area contributed by atoms with Crippen LogP contribution < -0.4 is 0 Å². The third-order valence-corrected chi connectivity index (χ3v) is 4.70. The Morgan fingerprint density at radius 1 is 0.821 bits per heavy atom. The van der Waals surface area contributed by atoms with Crippen LogP contribution in [0.3, 0.4) is 0 Å². The van der Waals surface area contributed by atoms with Gasteiger partial charge in [-0.05, 0) is 31.5 Å². The summed E-state index contributed by atoms with van der Waals surface area (Å²) in [7, 11) is 0. The Kier molecular flexibility index (Phi) is 4.49. The molecule has 0 fully saturated rings. The monoisotopic (exact) mass is 369 g/mol. The Morgan fingerprint density at radius 3 is 2.04 bits per heavy atom. The van der Waals surface area contributed by atoms with Crippen LogP contribution in [0, 0.1) is 13.8 Å². The van der Waals surface area contributed by atoms with E-state index in [1.165, 1.54) is 0 Å². The number of carboxylic acid groups (broad SMARTS) is 1. The molecule has 0 saturated carbocycles. The van der Waals surface area contributed by atoms with Crippen molar-refractivity contribution in [3.63, 3.8) is 0 Å². The predicted molar refractivity (Wildman–Crippen MR) is 109 cm³/mol. The molecule has 5 heteroatoms. The van der Waals surface area contributed by atoms with Crippen LogP contribution in [-0.4, -0.2) is 25.8 Å². The van der Waals surface area contributed by atoms with E-state index in [0.717, 1.165) is 27.9 Å². The largest absolute Gasteiger partial charge is 0.478 e. The molecule has 0 radical (unpaired) electrons. The van der Waals surface area contributed by atoms with Gasteiger partial charge in [-0.15, -0.1) is 10.2 Å². The van der Waals surface area contributed by atoms with Gasteiger partial charge in [0.2, 0.25) is 0 Å². The fourth-order valence-electron chi connectivity index (χ4n) is 3.16. The van der Waals surface area contributed by atoms with Crippen LogP contribution in [0.2, 0.25) is 0 Å². The minimum atomic E-state index is -0.965. The van der Waals surface area contributed by atoms with Crippen LogP contribution in [0.25, 0.3) is 28.5 Å². The molecule has 0 saturated heterocycles. The highest BCUT2D eigenvalue weighted by molar-refractivity contribution is 5.88. The zero-order chi connectivity index (χ0) is 19.7. The molecular weight excluding hydrogens is 350 g/mol. The smallest absolute Gasteiger partial charge is 0.335 e. The molecular formula is C23H19N3O2. The van der Waals surface area contributed by atoms with Crippen molar-refractivity contribution in [2.75, 3.05) is 0 Å². The van der Waals surface area contributed by atoms with Crippen molar-refractivity contribution < 1.29 is 9.90 Å². The lowest BCUT2D eigenvalue weighted by molar-refractivity contribution is 0.0697. The van der Waals surface area contributed by atoms with E-state index in [-0.39, 0.29) is 5.56 Å². The number of aryl methyl sites for hydroxylation is 2. The molecule has 0 aliphatic rings. The first kappa shape index (κ1) is 17.7. The maximum Gasteiger partial charge on any atom is 0.335 e. The zero-order valence-electron chi connectivity index (χ0n) is 15.6. The zero-order valence-corrected chi connectivity index (χ0v) is 15.6. The molecule has 0 unspecified atom stereocenters. The molecule has 0 aliphatic carbocycles. The van der Waals surface area contributed by atoms with Gasteiger partial charge in [-0.3, -0.25) is 4.57 Å². The van der Waals surface area contributed by atoms with Gasteiger partial charge in [-0.2, -0.15) is 0 Å². The Balaban J connectivity index is 2.01. The van der Waals surface area contributed by atoms with E-state index in [1.807, 2.05) is 79.1 Å². The van der Waals surface area contributed by atoms with Crippen molar-refractivity contribution in [1.82, 2.24) is 14.8 Å². The van der Waals surface area contributed by atoms with E-state index < -0.39 is 5.97 Å². The van der Waals surface area contributed by atoms with Crippen LogP contribution >= 0.6 is 0 Å². The second kappa shape index (κ2) is 7.12. The highest BCUT2D eigenvalue weighted by Crippen LogP contribution is 2.30. The molecule has 1 heterocycles. The van der Waals surface area contributed by atoms with Crippen LogP contribution in [0.1, 0.15) is 21.5 Å². The van der Waals surface area contributed by atoms with Crippen molar-refractivity contribution in [2.24, 2.45) is 0 Å². The predicted octanol–water partition coefficient (Wildman–Crippen LogP) is 4.92. The van der Waals surface area contributed by atoms with Gasteiger partial charge in [-0.1, -0.05) is 66.2 Å². The van der Waals surface area contributed by atoms with Crippen LogP contribution in [0.5, 0.6) is 0 Å². The molecule has 28 heavy (non-hydrogen) atoms. The third-order valence-electron chi connectivity index (χ3n) is 4.70. The first-order chi connectivity index (χ1) is 13.5. The normalized spacial score (nSPS) is 10.8. The Bertz CT molecular complexity index is 1150. The molecule has 0 bridgehead atoms. The lowest BCUT2D eigenvalue weighted by Crippen LogP contribution is -2.05. The summed E-state index contributed by atoms with van der Waals surface area (Å²) >= 11 is 0. The van der Waals surface area contributed by atoms with Crippen molar-refractivity contribution in [1.29, 1.82) is 0 Å². The van der Waals surface area contributed by atoms with Gasteiger partial charge in [0.1, 0.15) is 0 Å². The quantitative estimate of drug-likeness (QED) is 0.555. The van der Waals surface area contributed by atoms with E-state index >= 15 is 0 Å². The number of rotatable bonds is 4. The number of benzene rings is 3. The van der Waals surface area contributed by atoms with Gasteiger partial charge >= 0.3 is 5.97 Å². The molecule has 4 aromatic rings. The fraction of sp³-hybridized carbons (Fsp3) is 0.0870. The average molecular weight is 369 g/mol. The summed E-state index contributed by atoms with van der Waals surface area (Å²) in [6, 6.07) is 22.9. The van der Waals surface area contributed by atoms with Crippen molar-refractivity contribution in [3.8, 4) is 28.5 Å². The maximum atomic E-state index is 11.5. The molecule has 3 aromatic carbocycles. The van der Waals surface area contributed by atoms with Gasteiger partial charge in [0.25, 0.3) is 0 Å². The van der Waals surface area contributed by atoms with Gasteiger partial charge in [-0.25, -0.2) is 4.79 Å². The summed E-state index contributed by atoms with van der Waals surface area (Å²) < 4.78 is 1.93. The van der Waals surface area contributed by atoms with E-state index in [0.29, 0.717) is 11.6 Å². The van der Waals surface area contributed by atoms with Gasteiger partial charge in [0.15, 0.2) is 11.6 Å². The lowest BCUT2D eigenvalue weighted by Gasteiger charge is -2.14. The Morgan fingerprint density at radius 2 is 1.43 bits per heavy atom. The highest BCUT2D eigenvalue weighted by Gasteiger charge is 2.19. The fourth-order valence-corrected chi connectivity index (χ4v) is 3.16. The van der Waals surface area contributed by atoms with Gasteiger partial charge < -0.3 is 5.11 Å². The van der Waals surface area contributed by atoms with E-state index in [9.17, 15) is 9.90 Å². The molecule has 0 amide bonds. The molecule has 1 N–H and O–H groups in total. The van der Waals surface area contributed by atoms with Gasteiger partial charge in [0.05, 0.1) is 11.3 Å². The van der Waals surface area contributed by atoms with Crippen LogP contribution in [-0.2, 0) is 0 Å². The van der Waals surface area contributed by atoms with Crippen molar-refractivity contribution in [3.05, 3.63) is 89.5 Å². The highest BCUT2D eigenvalue weighted by atomic mass is 16.4. The molecule has 138 valence electrons. The first-order valence-electron chi connectivity index (χ1n) is 8.97. The summed E-state index contributed by atoms with van der Waals surface area (Å²) in [5, 5.41) is 18.4. The molecule has 0 spiro atoms. The Labute approximate surface area is 162 Å². The van der Waals surface area contributed by atoms with E-state index in [4.69, 9.17) is 0 Å². The first-order valence-corrected chi connectivity index (χ1v) is 8.97. The topological polar surface area (TPSA) is 68.0 Å². The van der Waals surface area contributed by atoms with Crippen molar-refractivity contribution >= 4 is 5.97 Å². The van der Waals surface area contributed by atoms with E-state index in [2.05, 4.69) is 10.2 Å². The second-order valence-corrected chi connectivity index (χ2v) is 6.72. The van der Waals surface area contributed by atoms with Crippen molar-refractivity contribution in [2.45, 2.75) is 13.8 Å². The van der Waals surface area contributed by atoms with Gasteiger partial charge in [0, 0.05) is 11.1 Å². The molecule has 0 aliphatic heterocycles. The minimum absolute atomic E-state index is 0.225. The number of carbonyl (C=O) groups is 1. The number of hydrogen-bond donors (Lipinski definition) is 1. The Hall–Kier alpha value is -3.73. The SMILES string of the molecule is Cc1ccc(-c2nnc(-c3ccccc3)n2-c2cc(C(=O)O)ccc2C)cc1. The standard InChI is InChI=1S/C23H19N3O2/c1-15-8-11-18(12-9-15)22-25-24-21(17-6-4-3-5-7-17)26(22)20-14-19(23(27)28)13-10-16(20)2/h3-14H,1-2H3,(H,27,28). The number of aromatic nitrogens is 3.